The fraction of sp³-hybridized carbons (Fsp3) is 0.667. The van der Waals surface area contributed by atoms with Crippen LogP contribution in [0.3, 0.4) is 0 Å². The third-order valence-electron chi connectivity index (χ3n) is 2.56. The van der Waals surface area contributed by atoms with Gasteiger partial charge in [-0.15, -0.1) is 0 Å². The summed E-state index contributed by atoms with van der Waals surface area (Å²) in [4.78, 5) is 13.6. The molecule has 0 radical (unpaired) electrons. The van der Waals surface area contributed by atoms with Gasteiger partial charge < -0.3 is 4.90 Å². The summed E-state index contributed by atoms with van der Waals surface area (Å²) in [5.41, 5.74) is 0. The van der Waals surface area contributed by atoms with Gasteiger partial charge in [0, 0.05) is 6.54 Å². The average molecular weight is 230 g/mol. The van der Waals surface area contributed by atoms with Gasteiger partial charge in [0.05, 0.1) is 10.9 Å². The second-order valence-electron chi connectivity index (χ2n) is 3.36. The van der Waals surface area contributed by atoms with Crippen molar-refractivity contribution in [3.63, 3.8) is 0 Å². The Morgan fingerprint density at radius 3 is 2.83 bits per heavy atom. The summed E-state index contributed by atoms with van der Waals surface area (Å²) in [6.07, 6.45) is 7.53. The molecule has 12 heavy (non-hydrogen) atoms. The standard InChI is InChI=1S/C9H12BrNO/c10-8-5-6-11(9(8)12)7-3-1-2-4-7/h1,3,7-8H,2,4-6H2. The molecule has 1 saturated heterocycles. The zero-order chi connectivity index (χ0) is 8.55. The highest BCUT2D eigenvalue weighted by atomic mass is 79.9. The quantitative estimate of drug-likeness (QED) is 0.496. The number of hydrogen-bond donors (Lipinski definition) is 0. The first-order valence-electron chi connectivity index (χ1n) is 4.40. The van der Waals surface area contributed by atoms with Gasteiger partial charge in [0.15, 0.2) is 0 Å². The van der Waals surface area contributed by atoms with Crippen LogP contribution in [-0.4, -0.2) is 28.2 Å². The molecule has 0 saturated carbocycles. The molecule has 0 aromatic heterocycles. The van der Waals surface area contributed by atoms with Crippen molar-refractivity contribution in [2.45, 2.75) is 30.1 Å². The van der Waals surface area contributed by atoms with Crippen LogP contribution in [-0.2, 0) is 4.79 Å². The molecule has 1 amide bonds. The predicted octanol–water partition coefficient (Wildman–Crippen LogP) is 1.70. The summed E-state index contributed by atoms with van der Waals surface area (Å²) in [5.74, 6) is 0.270. The van der Waals surface area contributed by atoms with Gasteiger partial charge in [-0.25, -0.2) is 0 Å². The molecule has 66 valence electrons. The fourth-order valence-corrected chi connectivity index (χ4v) is 2.34. The van der Waals surface area contributed by atoms with E-state index in [0.29, 0.717) is 6.04 Å². The number of carbonyl (C=O) groups is 1. The minimum atomic E-state index is 0.0755. The smallest absolute Gasteiger partial charge is 0.236 e. The van der Waals surface area contributed by atoms with Crippen LogP contribution in [0.5, 0.6) is 0 Å². The summed E-state index contributed by atoms with van der Waals surface area (Å²) in [6, 6.07) is 0.389. The molecule has 2 nitrogen and oxygen atoms in total. The lowest BCUT2D eigenvalue weighted by atomic mass is 10.2. The number of carbonyl (C=O) groups excluding carboxylic acids is 1. The zero-order valence-electron chi connectivity index (χ0n) is 6.87. The molecule has 1 aliphatic carbocycles. The van der Waals surface area contributed by atoms with Crippen LogP contribution in [0.4, 0.5) is 0 Å². The Balaban J connectivity index is 2.05. The molecule has 0 aromatic carbocycles. The molecule has 2 rings (SSSR count). The van der Waals surface area contributed by atoms with E-state index in [4.69, 9.17) is 0 Å². The Labute approximate surface area is 80.7 Å². The Kier molecular flexibility index (Phi) is 2.22. The number of nitrogens with zero attached hydrogens (tertiary/aromatic N) is 1. The maximum absolute atomic E-state index is 11.5. The molecule has 0 spiro atoms. The number of amides is 1. The first-order valence-corrected chi connectivity index (χ1v) is 5.32. The van der Waals surface area contributed by atoms with Gasteiger partial charge in [0.25, 0.3) is 0 Å². The van der Waals surface area contributed by atoms with Crippen LogP contribution < -0.4 is 0 Å². The van der Waals surface area contributed by atoms with E-state index in [1.54, 1.807) is 0 Å². The molecule has 1 fully saturated rings. The molecular formula is C9H12BrNO. The molecule has 3 heteroatoms. The predicted molar refractivity (Wildman–Crippen MR) is 51.2 cm³/mol. The zero-order valence-corrected chi connectivity index (χ0v) is 8.46. The number of likely N-dealkylation sites (tertiary alicyclic amines) is 1. The topological polar surface area (TPSA) is 20.3 Å². The van der Waals surface area contributed by atoms with Crippen molar-refractivity contribution < 1.29 is 4.79 Å². The first kappa shape index (κ1) is 8.30. The molecule has 2 atom stereocenters. The van der Waals surface area contributed by atoms with Gasteiger partial charge in [0.2, 0.25) is 5.91 Å². The van der Waals surface area contributed by atoms with Crippen LogP contribution in [0.1, 0.15) is 19.3 Å². The molecule has 0 bridgehead atoms. The first-order chi connectivity index (χ1) is 5.79. The second-order valence-corrected chi connectivity index (χ2v) is 4.47. The van der Waals surface area contributed by atoms with Gasteiger partial charge in [-0.3, -0.25) is 4.79 Å². The van der Waals surface area contributed by atoms with Gasteiger partial charge in [0.1, 0.15) is 0 Å². The molecule has 2 aliphatic rings. The van der Waals surface area contributed by atoms with Crippen molar-refractivity contribution in [1.82, 2.24) is 4.90 Å². The highest BCUT2D eigenvalue weighted by Gasteiger charge is 2.33. The largest absolute Gasteiger partial charge is 0.335 e. The van der Waals surface area contributed by atoms with Crippen molar-refractivity contribution in [2.75, 3.05) is 6.54 Å². The number of allylic oxidation sites excluding steroid dienone is 1. The number of halogens is 1. The molecular weight excluding hydrogens is 218 g/mol. The third kappa shape index (κ3) is 1.30. The van der Waals surface area contributed by atoms with Gasteiger partial charge >= 0.3 is 0 Å². The van der Waals surface area contributed by atoms with Crippen LogP contribution >= 0.6 is 15.9 Å². The van der Waals surface area contributed by atoms with Crippen LogP contribution in [0.15, 0.2) is 12.2 Å². The lowest BCUT2D eigenvalue weighted by Crippen LogP contribution is -2.35. The lowest BCUT2D eigenvalue weighted by molar-refractivity contribution is -0.128. The van der Waals surface area contributed by atoms with Crippen molar-refractivity contribution in [1.29, 1.82) is 0 Å². The van der Waals surface area contributed by atoms with Crippen molar-refractivity contribution >= 4 is 21.8 Å². The Hall–Kier alpha value is -0.310. The van der Waals surface area contributed by atoms with Gasteiger partial charge in [-0.2, -0.15) is 0 Å². The van der Waals surface area contributed by atoms with Crippen molar-refractivity contribution in [3.05, 3.63) is 12.2 Å². The van der Waals surface area contributed by atoms with Crippen LogP contribution in [0, 0.1) is 0 Å². The Morgan fingerprint density at radius 2 is 2.33 bits per heavy atom. The monoisotopic (exact) mass is 229 g/mol. The highest BCUT2D eigenvalue weighted by Crippen LogP contribution is 2.25. The minimum Gasteiger partial charge on any atom is -0.335 e. The van der Waals surface area contributed by atoms with Crippen LogP contribution in [0.25, 0.3) is 0 Å². The van der Waals surface area contributed by atoms with Crippen LogP contribution in [0.2, 0.25) is 0 Å². The average Bonchev–Trinajstić information content (AvgIpc) is 2.64. The van der Waals surface area contributed by atoms with E-state index in [0.717, 1.165) is 25.8 Å². The third-order valence-corrected chi connectivity index (χ3v) is 3.41. The normalized spacial score (nSPS) is 35.1. The maximum Gasteiger partial charge on any atom is 0.236 e. The molecule has 0 aromatic rings. The molecule has 0 N–H and O–H groups in total. The fourth-order valence-electron chi connectivity index (χ4n) is 1.87. The van der Waals surface area contributed by atoms with Gasteiger partial charge in [-0.1, -0.05) is 28.1 Å². The molecule has 1 heterocycles. The van der Waals surface area contributed by atoms with E-state index in [1.165, 1.54) is 0 Å². The SMILES string of the molecule is O=C1C(Br)CCN1C1C=CCC1. The van der Waals surface area contributed by atoms with E-state index in [-0.39, 0.29) is 10.7 Å². The Morgan fingerprint density at radius 1 is 1.50 bits per heavy atom. The second kappa shape index (κ2) is 3.21. The number of rotatable bonds is 1. The molecule has 1 aliphatic heterocycles. The summed E-state index contributed by atoms with van der Waals surface area (Å²) in [6.45, 7) is 0.920. The van der Waals surface area contributed by atoms with E-state index in [9.17, 15) is 4.79 Å². The molecule has 2 unspecified atom stereocenters. The van der Waals surface area contributed by atoms with E-state index in [2.05, 4.69) is 28.1 Å². The number of alkyl halides is 1. The summed E-state index contributed by atoms with van der Waals surface area (Å²) in [7, 11) is 0. The highest BCUT2D eigenvalue weighted by molar-refractivity contribution is 9.10. The van der Waals surface area contributed by atoms with E-state index < -0.39 is 0 Å². The number of hydrogen-bond acceptors (Lipinski definition) is 1. The Bertz CT molecular complexity index is 227. The summed E-state index contributed by atoms with van der Waals surface area (Å²) < 4.78 is 0. The maximum atomic E-state index is 11.5. The van der Waals surface area contributed by atoms with Crippen molar-refractivity contribution in [2.24, 2.45) is 0 Å². The minimum absolute atomic E-state index is 0.0755. The van der Waals surface area contributed by atoms with Crippen molar-refractivity contribution in [3.8, 4) is 0 Å². The summed E-state index contributed by atoms with van der Waals surface area (Å²) in [5, 5.41) is 0. The van der Waals surface area contributed by atoms with Gasteiger partial charge in [-0.05, 0) is 19.3 Å². The summed E-state index contributed by atoms with van der Waals surface area (Å²) >= 11 is 3.38. The lowest BCUT2D eigenvalue weighted by Gasteiger charge is -2.22. The van der Waals surface area contributed by atoms with E-state index in [1.807, 2.05) is 4.90 Å². The van der Waals surface area contributed by atoms with E-state index >= 15 is 0 Å².